The zero-order valence-corrected chi connectivity index (χ0v) is 24.3. The fourth-order valence-electron chi connectivity index (χ4n) is 7.09. The molecule has 0 radical (unpaired) electrons. The lowest BCUT2D eigenvalue weighted by molar-refractivity contribution is 0.612. The van der Waals surface area contributed by atoms with E-state index in [1.807, 2.05) is 0 Å². The van der Waals surface area contributed by atoms with E-state index < -0.39 is 16.1 Å². The van der Waals surface area contributed by atoms with Gasteiger partial charge in [-0.1, -0.05) is 131 Å². The van der Waals surface area contributed by atoms with Gasteiger partial charge in [-0.05, 0) is 35.5 Å². The highest BCUT2D eigenvalue weighted by Gasteiger charge is 2.51. The molecule has 0 rings (SSSR count). The molecule has 0 fully saturated rings. The molecule has 0 aromatic carbocycles. The van der Waals surface area contributed by atoms with Crippen molar-refractivity contribution in [3.8, 4) is 0 Å². The summed E-state index contributed by atoms with van der Waals surface area (Å²) in [5, 5.41) is 1.05. The third-order valence-electron chi connectivity index (χ3n) is 6.73. The second-order valence-corrected chi connectivity index (χ2v) is 23.2. The summed E-state index contributed by atoms with van der Waals surface area (Å²) in [5.41, 5.74) is 0. The van der Waals surface area contributed by atoms with Crippen molar-refractivity contribution in [1.82, 2.24) is 0 Å². The van der Waals surface area contributed by atoms with Gasteiger partial charge in [0.05, 0.1) is 16.1 Å². The van der Waals surface area contributed by atoms with Gasteiger partial charge < -0.3 is 0 Å². The van der Waals surface area contributed by atoms with Gasteiger partial charge in [-0.3, -0.25) is 0 Å². The van der Waals surface area contributed by atoms with Crippen molar-refractivity contribution in [2.75, 3.05) is 0 Å². The van der Waals surface area contributed by atoms with Crippen LogP contribution in [0.5, 0.6) is 0 Å². The highest BCUT2D eigenvalue weighted by molar-refractivity contribution is 6.99. The first-order valence-corrected chi connectivity index (χ1v) is 18.1. The van der Waals surface area contributed by atoms with E-state index in [1.165, 1.54) is 0 Å². The monoisotopic (exact) mass is 426 g/mol. The average Bonchev–Trinajstić information content (AvgIpc) is 2.41. The van der Waals surface area contributed by atoms with E-state index in [0.29, 0.717) is 0 Å². The molecule has 0 unspecified atom stereocenters. The highest BCUT2D eigenvalue weighted by atomic mass is 28.4. The van der Waals surface area contributed by atoms with Crippen LogP contribution < -0.4 is 0 Å². The minimum Gasteiger partial charge on any atom is -0.0673 e. The molecule has 0 aliphatic carbocycles. The minimum absolute atomic E-state index is 0.857. The molecule has 0 bridgehead atoms. The van der Waals surface area contributed by atoms with Crippen LogP contribution in [0, 0.1) is 35.5 Å². The molecule has 28 heavy (non-hydrogen) atoms. The lowest BCUT2D eigenvalue weighted by atomic mass is 10.2. The first kappa shape index (κ1) is 28.4. The summed E-state index contributed by atoms with van der Waals surface area (Å²) in [6.45, 7) is 32.9. The molecule has 0 heterocycles. The van der Waals surface area contributed by atoms with Gasteiger partial charge in [0.1, 0.15) is 0 Å². The van der Waals surface area contributed by atoms with Gasteiger partial charge in [0, 0.05) is 0 Å². The molecule has 0 aliphatic rings. The lowest BCUT2D eigenvalue weighted by Crippen LogP contribution is -2.56. The van der Waals surface area contributed by atoms with Crippen molar-refractivity contribution in [2.45, 2.75) is 131 Å². The first-order chi connectivity index (χ1) is 12.7. The molecule has 0 aromatic heterocycles. The second-order valence-electron chi connectivity index (χ2n) is 13.0. The summed E-state index contributed by atoms with van der Waals surface area (Å²) in [5.74, 6) is 5.14. The topological polar surface area (TPSA) is 0 Å². The van der Waals surface area contributed by atoms with Gasteiger partial charge in [-0.2, -0.15) is 0 Å². The summed E-state index contributed by atoms with van der Waals surface area (Å²) in [7, 11) is -2.72. The van der Waals surface area contributed by atoms with Gasteiger partial charge >= 0.3 is 0 Å². The Hall–Kier alpha value is 0.434. The zero-order chi connectivity index (χ0) is 22.3. The Balaban J connectivity index is 6.49. The Labute approximate surface area is 183 Å². The fraction of sp³-hybridized carbons (Fsp3) is 1.00. The molecule has 0 spiro atoms. The summed E-state index contributed by atoms with van der Waals surface area (Å²) < 4.78 is 0. The smallest absolute Gasteiger partial charge is 0.0545 e. The zero-order valence-electron chi connectivity index (χ0n) is 22.3. The molecule has 0 saturated heterocycles. The Morgan fingerprint density at radius 1 is 0.321 bits per heavy atom. The minimum atomic E-state index is -1.36. The molecule has 170 valence electrons. The summed E-state index contributed by atoms with van der Waals surface area (Å²) in [6, 6.07) is 9.38. The standard InChI is InChI=1S/C26H58Si2/c1-20(2)14-27(15-21(3)4,16-22(5)6)26(13)28(17-23(7)8,18-24(9)10)19-25(11)12/h20-26H,14-19H2,1-13H3. The Morgan fingerprint density at radius 2 is 0.464 bits per heavy atom. The fourth-order valence-corrected chi connectivity index (χ4v) is 27.3. The summed E-state index contributed by atoms with van der Waals surface area (Å²) >= 11 is 0. The van der Waals surface area contributed by atoms with Crippen LogP contribution in [0.15, 0.2) is 0 Å². The Morgan fingerprint density at radius 3 is 0.571 bits per heavy atom. The van der Waals surface area contributed by atoms with E-state index in [1.54, 1.807) is 36.3 Å². The van der Waals surface area contributed by atoms with E-state index in [9.17, 15) is 0 Å². The quantitative estimate of drug-likeness (QED) is 0.242. The molecule has 2 heteroatoms. The summed E-state index contributed by atoms with van der Waals surface area (Å²) in [4.78, 5) is 0. The predicted molar refractivity (Wildman–Crippen MR) is 139 cm³/mol. The van der Waals surface area contributed by atoms with Crippen molar-refractivity contribution >= 4 is 16.1 Å². The molecule has 0 N–H and O–H groups in total. The average molecular weight is 427 g/mol. The van der Waals surface area contributed by atoms with Gasteiger partial charge in [0.2, 0.25) is 0 Å². The van der Waals surface area contributed by atoms with Crippen molar-refractivity contribution < 1.29 is 0 Å². The molecule has 0 atom stereocenters. The maximum Gasteiger partial charge on any atom is 0.0545 e. The molecule has 0 amide bonds. The van der Waals surface area contributed by atoms with E-state index in [-0.39, 0.29) is 0 Å². The van der Waals surface area contributed by atoms with Gasteiger partial charge in [-0.25, -0.2) is 0 Å². The Kier molecular flexibility index (Phi) is 12.5. The van der Waals surface area contributed by atoms with Crippen LogP contribution in [0.1, 0.15) is 90.0 Å². The molecular formula is C26H58Si2. The maximum atomic E-state index is 2.80. The maximum absolute atomic E-state index is 2.80. The number of hydrogen-bond donors (Lipinski definition) is 0. The van der Waals surface area contributed by atoms with Gasteiger partial charge in [0.15, 0.2) is 0 Å². The lowest BCUT2D eigenvalue weighted by Gasteiger charge is -2.52. The Bertz CT molecular complexity index is 316. The van der Waals surface area contributed by atoms with Crippen LogP contribution in [0.2, 0.25) is 41.4 Å². The van der Waals surface area contributed by atoms with Crippen LogP contribution in [-0.4, -0.2) is 16.1 Å². The molecule has 0 aromatic rings. The van der Waals surface area contributed by atoms with E-state index in [2.05, 4.69) is 90.0 Å². The number of rotatable bonds is 14. The molecule has 0 nitrogen and oxygen atoms in total. The molecular weight excluding hydrogens is 368 g/mol. The third kappa shape index (κ3) is 9.50. The van der Waals surface area contributed by atoms with Crippen LogP contribution in [-0.2, 0) is 0 Å². The largest absolute Gasteiger partial charge is 0.0673 e. The predicted octanol–water partition coefficient (Wildman–Crippen LogP) is 9.75. The van der Waals surface area contributed by atoms with E-state index in [4.69, 9.17) is 0 Å². The third-order valence-corrected chi connectivity index (χ3v) is 23.9. The molecule has 0 saturated carbocycles. The second kappa shape index (κ2) is 12.3. The van der Waals surface area contributed by atoms with Crippen LogP contribution >= 0.6 is 0 Å². The van der Waals surface area contributed by atoms with Crippen molar-refractivity contribution in [1.29, 1.82) is 0 Å². The first-order valence-electron chi connectivity index (χ1n) is 12.7. The van der Waals surface area contributed by atoms with E-state index >= 15 is 0 Å². The van der Waals surface area contributed by atoms with Crippen LogP contribution in [0.25, 0.3) is 0 Å². The summed E-state index contributed by atoms with van der Waals surface area (Å²) in [6.07, 6.45) is 0. The van der Waals surface area contributed by atoms with E-state index in [0.717, 1.165) is 40.7 Å². The number of hydrogen-bond acceptors (Lipinski definition) is 0. The van der Waals surface area contributed by atoms with Crippen LogP contribution in [0.4, 0.5) is 0 Å². The van der Waals surface area contributed by atoms with Crippen molar-refractivity contribution in [3.05, 3.63) is 0 Å². The highest BCUT2D eigenvalue weighted by Crippen LogP contribution is 2.51. The van der Waals surface area contributed by atoms with Gasteiger partial charge in [-0.15, -0.1) is 0 Å². The van der Waals surface area contributed by atoms with Crippen LogP contribution in [0.3, 0.4) is 0 Å². The van der Waals surface area contributed by atoms with Crippen molar-refractivity contribution in [2.24, 2.45) is 35.5 Å². The molecule has 0 aliphatic heterocycles. The SMILES string of the molecule is CC(C)C[Si](CC(C)C)(CC(C)C)C(C)[Si](CC(C)C)(CC(C)C)CC(C)C. The van der Waals surface area contributed by atoms with Gasteiger partial charge in [0.25, 0.3) is 0 Å². The van der Waals surface area contributed by atoms with Crippen molar-refractivity contribution in [3.63, 3.8) is 0 Å². The normalized spacial score (nSPS) is 14.1.